The van der Waals surface area contributed by atoms with Gasteiger partial charge in [0.05, 0.1) is 0 Å². The Hall–Kier alpha value is -0.900. The van der Waals surface area contributed by atoms with Gasteiger partial charge in [-0.05, 0) is 12.5 Å². The van der Waals surface area contributed by atoms with Crippen molar-refractivity contribution in [2.24, 2.45) is 0 Å². The first-order valence-electron chi connectivity index (χ1n) is 6.57. The predicted molar refractivity (Wildman–Crippen MR) is 72.2 cm³/mol. The summed E-state index contributed by atoms with van der Waals surface area (Å²) in [6.45, 7) is 9.08. The minimum Gasteiger partial charge on any atom is -0.314 e. The van der Waals surface area contributed by atoms with Gasteiger partial charge in [0.2, 0.25) is 0 Å². The second-order valence-corrected chi connectivity index (χ2v) is 4.68. The van der Waals surface area contributed by atoms with Crippen molar-refractivity contribution in [3.05, 3.63) is 35.9 Å². The van der Waals surface area contributed by atoms with Gasteiger partial charge in [0.25, 0.3) is 0 Å². The van der Waals surface area contributed by atoms with Gasteiger partial charge in [0, 0.05) is 45.3 Å². The minimum absolute atomic E-state index is 0.444. The summed E-state index contributed by atoms with van der Waals surface area (Å²) in [4.78, 5) is 2.52. The van der Waals surface area contributed by atoms with E-state index in [1.807, 2.05) is 0 Å². The molecule has 3 heteroatoms. The zero-order chi connectivity index (χ0) is 11.9. The molecule has 0 bridgehead atoms. The lowest BCUT2D eigenvalue weighted by atomic mass is 10.1. The summed E-state index contributed by atoms with van der Waals surface area (Å²) in [5.74, 6) is 0. The van der Waals surface area contributed by atoms with Crippen LogP contribution in [0.2, 0.25) is 0 Å². The van der Waals surface area contributed by atoms with Crippen molar-refractivity contribution in [3.63, 3.8) is 0 Å². The minimum atomic E-state index is 0.444. The van der Waals surface area contributed by atoms with Crippen molar-refractivity contribution >= 4 is 0 Å². The monoisotopic (exact) mass is 233 g/mol. The van der Waals surface area contributed by atoms with Gasteiger partial charge in [-0.3, -0.25) is 4.90 Å². The Morgan fingerprint density at radius 1 is 1.24 bits per heavy atom. The molecule has 1 heterocycles. The van der Waals surface area contributed by atoms with Crippen LogP contribution in [-0.2, 0) is 0 Å². The van der Waals surface area contributed by atoms with Crippen molar-refractivity contribution in [1.29, 1.82) is 0 Å². The number of hydrogen-bond donors (Lipinski definition) is 2. The fraction of sp³-hybridized carbons (Fsp3) is 0.571. The smallest absolute Gasteiger partial charge is 0.0292 e. The van der Waals surface area contributed by atoms with Crippen molar-refractivity contribution < 1.29 is 0 Å². The third-order valence-corrected chi connectivity index (χ3v) is 3.39. The van der Waals surface area contributed by atoms with Gasteiger partial charge in [0.15, 0.2) is 0 Å². The van der Waals surface area contributed by atoms with Crippen LogP contribution < -0.4 is 10.6 Å². The number of nitrogens with one attached hydrogen (secondary N) is 2. The number of rotatable bonds is 5. The second-order valence-electron chi connectivity index (χ2n) is 4.68. The number of hydrogen-bond acceptors (Lipinski definition) is 3. The summed E-state index contributed by atoms with van der Waals surface area (Å²) >= 11 is 0. The third-order valence-electron chi connectivity index (χ3n) is 3.39. The SMILES string of the molecule is CC(NCCN1CCNCC1)c1ccccc1. The molecule has 0 saturated carbocycles. The first kappa shape index (κ1) is 12.6. The zero-order valence-corrected chi connectivity index (χ0v) is 10.7. The molecule has 94 valence electrons. The largest absolute Gasteiger partial charge is 0.314 e. The highest BCUT2D eigenvalue weighted by Gasteiger charge is 2.09. The predicted octanol–water partition coefficient (Wildman–Crippen LogP) is 1.24. The average molecular weight is 233 g/mol. The van der Waals surface area contributed by atoms with E-state index in [2.05, 4.69) is 52.8 Å². The molecular formula is C14H23N3. The molecule has 1 aliphatic rings. The summed E-state index contributed by atoms with van der Waals surface area (Å²) in [6.07, 6.45) is 0. The van der Waals surface area contributed by atoms with E-state index < -0.39 is 0 Å². The molecular weight excluding hydrogens is 210 g/mol. The molecule has 1 aliphatic heterocycles. The van der Waals surface area contributed by atoms with Crippen LogP contribution in [0, 0.1) is 0 Å². The van der Waals surface area contributed by atoms with E-state index in [-0.39, 0.29) is 0 Å². The Morgan fingerprint density at radius 2 is 1.94 bits per heavy atom. The maximum absolute atomic E-state index is 3.58. The maximum atomic E-state index is 3.58. The van der Waals surface area contributed by atoms with Gasteiger partial charge in [-0.15, -0.1) is 0 Å². The van der Waals surface area contributed by atoms with Gasteiger partial charge in [-0.2, -0.15) is 0 Å². The average Bonchev–Trinajstić information content (AvgIpc) is 2.41. The van der Waals surface area contributed by atoms with E-state index in [1.165, 1.54) is 18.7 Å². The van der Waals surface area contributed by atoms with Gasteiger partial charge in [0.1, 0.15) is 0 Å². The Bertz CT molecular complexity index is 307. The van der Waals surface area contributed by atoms with Crippen LogP contribution in [0.15, 0.2) is 30.3 Å². The Balaban J connectivity index is 1.67. The van der Waals surface area contributed by atoms with Crippen LogP contribution >= 0.6 is 0 Å². The standard InChI is InChI=1S/C14H23N3/c1-13(14-5-3-2-4-6-14)16-9-12-17-10-7-15-8-11-17/h2-6,13,15-16H,7-12H2,1H3. The Kier molecular flexibility index (Phi) is 4.98. The van der Waals surface area contributed by atoms with Crippen LogP contribution in [0.4, 0.5) is 0 Å². The molecule has 0 amide bonds. The molecule has 0 aromatic heterocycles. The third kappa shape index (κ3) is 4.11. The molecule has 17 heavy (non-hydrogen) atoms. The molecule has 2 rings (SSSR count). The summed E-state index contributed by atoms with van der Waals surface area (Å²) in [5, 5.41) is 6.96. The lowest BCUT2D eigenvalue weighted by Crippen LogP contribution is -2.45. The lowest BCUT2D eigenvalue weighted by molar-refractivity contribution is 0.238. The molecule has 0 spiro atoms. The van der Waals surface area contributed by atoms with E-state index in [4.69, 9.17) is 0 Å². The quantitative estimate of drug-likeness (QED) is 0.801. The molecule has 1 aromatic rings. The summed E-state index contributed by atoms with van der Waals surface area (Å²) in [5.41, 5.74) is 1.37. The van der Waals surface area contributed by atoms with Crippen molar-refractivity contribution in [3.8, 4) is 0 Å². The van der Waals surface area contributed by atoms with Gasteiger partial charge >= 0.3 is 0 Å². The molecule has 0 aliphatic carbocycles. The fourth-order valence-corrected chi connectivity index (χ4v) is 2.23. The van der Waals surface area contributed by atoms with E-state index in [0.29, 0.717) is 6.04 Å². The molecule has 2 N–H and O–H groups in total. The maximum Gasteiger partial charge on any atom is 0.0292 e. The fourth-order valence-electron chi connectivity index (χ4n) is 2.23. The summed E-state index contributed by atoms with van der Waals surface area (Å²) in [7, 11) is 0. The summed E-state index contributed by atoms with van der Waals surface area (Å²) < 4.78 is 0. The topological polar surface area (TPSA) is 27.3 Å². The van der Waals surface area contributed by atoms with Crippen molar-refractivity contribution in [1.82, 2.24) is 15.5 Å². The van der Waals surface area contributed by atoms with Gasteiger partial charge in [-0.25, -0.2) is 0 Å². The highest BCUT2D eigenvalue weighted by Crippen LogP contribution is 2.10. The van der Waals surface area contributed by atoms with Crippen LogP contribution in [0.25, 0.3) is 0 Å². The molecule has 1 unspecified atom stereocenters. The van der Waals surface area contributed by atoms with Crippen LogP contribution in [0.5, 0.6) is 0 Å². The molecule has 0 radical (unpaired) electrons. The second kappa shape index (κ2) is 6.74. The van der Waals surface area contributed by atoms with E-state index in [9.17, 15) is 0 Å². The normalized spacial score (nSPS) is 19.1. The number of benzene rings is 1. The van der Waals surface area contributed by atoms with Crippen molar-refractivity contribution in [2.45, 2.75) is 13.0 Å². The van der Waals surface area contributed by atoms with Gasteiger partial charge in [-0.1, -0.05) is 30.3 Å². The molecule has 1 saturated heterocycles. The highest BCUT2D eigenvalue weighted by molar-refractivity contribution is 5.17. The molecule has 1 fully saturated rings. The summed E-state index contributed by atoms with van der Waals surface area (Å²) in [6, 6.07) is 11.1. The first-order chi connectivity index (χ1) is 8.36. The molecule has 1 atom stereocenters. The Morgan fingerprint density at radius 3 is 2.65 bits per heavy atom. The van der Waals surface area contributed by atoms with E-state index in [0.717, 1.165) is 26.2 Å². The van der Waals surface area contributed by atoms with E-state index in [1.54, 1.807) is 0 Å². The van der Waals surface area contributed by atoms with Crippen molar-refractivity contribution in [2.75, 3.05) is 39.3 Å². The number of nitrogens with zero attached hydrogens (tertiary/aromatic N) is 1. The van der Waals surface area contributed by atoms with Crippen LogP contribution in [0.1, 0.15) is 18.5 Å². The zero-order valence-electron chi connectivity index (χ0n) is 10.7. The highest BCUT2D eigenvalue weighted by atomic mass is 15.2. The van der Waals surface area contributed by atoms with Crippen LogP contribution in [-0.4, -0.2) is 44.2 Å². The molecule has 1 aromatic carbocycles. The first-order valence-corrected chi connectivity index (χ1v) is 6.57. The Labute approximate surface area is 104 Å². The number of piperazine rings is 1. The van der Waals surface area contributed by atoms with E-state index >= 15 is 0 Å². The lowest BCUT2D eigenvalue weighted by Gasteiger charge is -2.27. The molecule has 3 nitrogen and oxygen atoms in total. The van der Waals surface area contributed by atoms with Gasteiger partial charge < -0.3 is 10.6 Å². The van der Waals surface area contributed by atoms with Crippen LogP contribution in [0.3, 0.4) is 0 Å².